The second-order valence-corrected chi connectivity index (χ2v) is 6.90. The normalized spacial score (nSPS) is 12.0. The van der Waals surface area contributed by atoms with Gasteiger partial charge < -0.3 is 19.6 Å². The van der Waals surface area contributed by atoms with Gasteiger partial charge in [-0.25, -0.2) is 14.2 Å². The molecule has 6 nitrogen and oxygen atoms in total. The summed E-state index contributed by atoms with van der Waals surface area (Å²) >= 11 is 0. The molecule has 0 radical (unpaired) electrons. The Bertz CT molecular complexity index is 1230. The summed E-state index contributed by atoms with van der Waals surface area (Å²) in [6, 6.07) is 16.3. The van der Waals surface area contributed by atoms with Gasteiger partial charge in [0.2, 0.25) is 0 Å². The van der Waals surface area contributed by atoms with Gasteiger partial charge in [0.1, 0.15) is 23.4 Å². The first-order valence-corrected chi connectivity index (χ1v) is 9.79. The molecule has 0 amide bonds. The Balaban J connectivity index is 1.89. The number of aromatic amines is 1. The molecule has 4 aromatic rings. The van der Waals surface area contributed by atoms with Crippen LogP contribution in [0.1, 0.15) is 34.8 Å². The predicted octanol–water partition coefficient (Wildman–Crippen LogP) is 4.64. The van der Waals surface area contributed by atoms with Crippen molar-refractivity contribution in [3.8, 4) is 17.0 Å². The smallest absolute Gasteiger partial charge is 0.356 e. The molecular weight excluding hydrogens is 399 g/mol. The second-order valence-electron chi connectivity index (χ2n) is 6.90. The van der Waals surface area contributed by atoms with Crippen molar-refractivity contribution < 1.29 is 23.8 Å². The lowest BCUT2D eigenvalue weighted by molar-refractivity contribution is 0.0593. The molecule has 0 aliphatic rings. The molecule has 0 bridgehead atoms. The van der Waals surface area contributed by atoms with E-state index in [9.17, 15) is 14.3 Å². The zero-order valence-corrected chi connectivity index (χ0v) is 17.1. The third kappa shape index (κ3) is 4.00. The maximum atomic E-state index is 13.5. The predicted molar refractivity (Wildman–Crippen MR) is 115 cm³/mol. The number of pyridine rings is 1. The van der Waals surface area contributed by atoms with Gasteiger partial charge in [0.15, 0.2) is 0 Å². The number of methoxy groups -OCH3 is 1. The highest BCUT2D eigenvalue weighted by Gasteiger charge is 2.24. The average Bonchev–Trinajstić information content (AvgIpc) is 3.17. The molecule has 2 aromatic carbocycles. The van der Waals surface area contributed by atoms with Crippen LogP contribution < -0.4 is 4.74 Å². The van der Waals surface area contributed by atoms with E-state index in [2.05, 4.69) is 9.97 Å². The van der Waals surface area contributed by atoms with Crippen molar-refractivity contribution in [2.75, 3.05) is 13.7 Å². The Morgan fingerprint density at radius 2 is 1.94 bits per heavy atom. The SMILES string of the molecule is CCOc1ccc2c(C(O)c3cccc(C(=O)OC)n3)c(-c3ccc(F)cc3)[nH]c2c1. The summed E-state index contributed by atoms with van der Waals surface area (Å²) in [4.78, 5) is 19.5. The molecule has 0 saturated heterocycles. The maximum absolute atomic E-state index is 13.5. The summed E-state index contributed by atoms with van der Waals surface area (Å²) in [6.07, 6.45) is -1.14. The number of aliphatic hydroxyl groups is 1. The number of rotatable bonds is 6. The molecule has 1 atom stereocenters. The molecule has 2 heterocycles. The molecule has 7 heteroatoms. The second kappa shape index (κ2) is 8.57. The topological polar surface area (TPSA) is 84.4 Å². The molecule has 4 rings (SSSR count). The molecule has 2 aromatic heterocycles. The summed E-state index contributed by atoms with van der Waals surface area (Å²) in [5, 5.41) is 12.1. The first kappa shape index (κ1) is 20.6. The number of hydrogen-bond acceptors (Lipinski definition) is 5. The van der Waals surface area contributed by atoms with E-state index in [-0.39, 0.29) is 11.5 Å². The van der Waals surface area contributed by atoms with Crippen LogP contribution in [-0.4, -0.2) is 34.8 Å². The van der Waals surface area contributed by atoms with Crippen molar-refractivity contribution in [1.82, 2.24) is 9.97 Å². The van der Waals surface area contributed by atoms with Crippen LogP contribution in [0.25, 0.3) is 22.2 Å². The number of H-pyrrole nitrogens is 1. The molecule has 1 unspecified atom stereocenters. The number of fused-ring (bicyclic) bond motifs is 1. The molecule has 0 aliphatic heterocycles. The van der Waals surface area contributed by atoms with Gasteiger partial charge in [0.25, 0.3) is 0 Å². The van der Waals surface area contributed by atoms with E-state index in [4.69, 9.17) is 9.47 Å². The van der Waals surface area contributed by atoms with E-state index < -0.39 is 12.1 Å². The van der Waals surface area contributed by atoms with Crippen LogP contribution in [0.15, 0.2) is 60.7 Å². The third-order valence-corrected chi connectivity index (χ3v) is 4.97. The molecule has 31 heavy (non-hydrogen) atoms. The van der Waals surface area contributed by atoms with Gasteiger partial charge in [0.05, 0.1) is 25.1 Å². The van der Waals surface area contributed by atoms with Gasteiger partial charge in [0, 0.05) is 22.5 Å². The highest BCUT2D eigenvalue weighted by molar-refractivity contribution is 5.92. The van der Waals surface area contributed by atoms with Gasteiger partial charge in [-0.3, -0.25) is 0 Å². The zero-order valence-electron chi connectivity index (χ0n) is 17.1. The number of carbonyl (C=O) groups excluding carboxylic acids is 1. The number of benzene rings is 2. The molecule has 0 aliphatic carbocycles. The minimum atomic E-state index is -1.14. The van der Waals surface area contributed by atoms with Gasteiger partial charge in [-0.1, -0.05) is 6.07 Å². The van der Waals surface area contributed by atoms with E-state index in [1.165, 1.54) is 25.3 Å². The molecular formula is C24H21FN2O4. The summed E-state index contributed by atoms with van der Waals surface area (Å²) < 4.78 is 23.8. The Morgan fingerprint density at radius 3 is 2.65 bits per heavy atom. The Morgan fingerprint density at radius 1 is 1.16 bits per heavy atom. The Labute approximate surface area is 178 Å². The molecule has 0 saturated carbocycles. The van der Waals surface area contributed by atoms with E-state index in [0.29, 0.717) is 34.9 Å². The summed E-state index contributed by atoms with van der Waals surface area (Å²) in [5.74, 6) is -0.255. The summed E-state index contributed by atoms with van der Waals surface area (Å²) in [7, 11) is 1.27. The maximum Gasteiger partial charge on any atom is 0.356 e. The molecule has 0 fully saturated rings. The summed E-state index contributed by atoms with van der Waals surface area (Å²) in [6.45, 7) is 2.43. The lowest BCUT2D eigenvalue weighted by Gasteiger charge is -2.14. The minimum Gasteiger partial charge on any atom is -0.494 e. The van der Waals surface area contributed by atoms with Gasteiger partial charge in [-0.05, 0) is 61.0 Å². The van der Waals surface area contributed by atoms with Crippen molar-refractivity contribution in [3.63, 3.8) is 0 Å². The number of aromatic nitrogens is 2. The number of hydrogen-bond donors (Lipinski definition) is 2. The lowest BCUT2D eigenvalue weighted by Crippen LogP contribution is -2.09. The average molecular weight is 420 g/mol. The monoisotopic (exact) mass is 420 g/mol. The Hall–Kier alpha value is -3.71. The van der Waals surface area contributed by atoms with E-state index >= 15 is 0 Å². The number of nitrogens with zero attached hydrogens (tertiary/aromatic N) is 1. The summed E-state index contributed by atoms with van der Waals surface area (Å²) in [5.41, 5.74) is 3.04. The highest BCUT2D eigenvalue weighted by Crippen LogP contribution is 2.38. The van der Waals surface area contributed by atoms with E-state index in [0.717, 1.165) is 10.9 Å². The number of ether oxygens (including phenoxy) is 2. The number of halogens is 1. The van der Waals surface area contributed by atoms with Crippen LogP contribution in [0.4, 0.5) is 4.39 Å². The van der Waals surface area contributed by atoms with Crippen molar-refractivity contribution in [2.24, 2.45) is 0 Å². The van der Waals surface area contributed by atoms with Crippen LogP contribution in [0.3, 0.4) is 0 Å². The van der Waals surface area contributed by atoms with Crippen molar-refractivity contribution >= 4 is 16.9 Å². The largest absolute Gasteiger partial charge is 0.494 e. The molecule has 0 spiro atoms. The van der Waals surface area contributed by atoms with Crippen molar-refractivity contribution in [2.45, 2.75) is 13.0 Å². The van der Waals surface area contributed by atoms with Crippen molar-refractivity contribution in [3.05, 3.63) is 83.4 Å². The fraction of sp³-hybridized carbons (Fsp3) is 0.167. The first-order valence-electron chi connectivity index (χ1n) is 9.79. The third-order valence-electron chi connectivity index (χ3n) is 4.97. The van der Waals surface area contributed by atoms with Crippen LogP contribution in [-0.2, 0) is 4.74 Å². The number of carbonyl (C=O) groups is 1. The number of aliphatic hydroxyl groups excluding tert-OH is 1. The first-order chi connectivity index (χ1) is 15.0. The number of esters is 1. The van der Waals surface area contributed by atoms with Crippen LogP contribution in [0, 0.1) is 5.82 Å². The molecule has 2 N–H and O–H groups in total. The van der Waals surface area contributed by atoms with E-state index in [1.807, 2.05) is 25.1 Å². The highest BCUT2D eigenvalue weighted by atomic mass is 19.1. The van der Waals surface area contributed by atoms with Crippen molar-refractivity contribution in [1.29, 1.82) is 0 Å². The standard InChI is InChI=1S/C24H21FN2O4/c1-3-31-16-11-12-17-20(13-16)27-22(14-7-9-15(25)10-8-14)21(17)23(28)18-5-4-6-19(26-18)24(29)30-2/h4-13,23,27-28H,3H2,1-2H3. The van der Waals surface area contributed by atoms with Gasteiger partial charge >= 0.3 is 5.97 Å². The van der Waals surface area contributed by atoms with E-state index in [1.54, 1.807) is 24.3 Å². The number of nitrogens with one attached hydrogen (secondary N) is 1. The van der Waals surface area contributed by atoms with Gasteiger partial charge in [-0.2, -0.15) is 0 Å². The zero-order chi connectivity index (χ0) is 22.0. The van der Waals surface area contributed by atoms with Crippen LogP contribution >= 0.6 is 0 Å². The van der Waals surface area contributed by atoms with Crippen LogP contribution in [0.5, 0.6) is 5.75 Å². The Kier molecular flexibility index (Phi) is 5.68. The fourth-order valence-electron chi connectivity index (χ4n) is 3.55. The minimum absolute atomic E-state index is 0.0980. The van der Waals surface area contributed by atoms with Crippen LogP contribution in [0.2, 0.25) is 0 Å². The quantitative estimate of drug-likeness (QED) is 0.444. The molecule has 158 valence electrons. The fourth-order valence-corrected chi connectivity index (χ4v) is 3.55. The lowest BCUT2D eigenvalue weighted by atomic mass is 9.98. The van der Waals surface area contributed by atoms with Gasteiger partial charge in [-0.15, -0.1) is 0 Å².